The van der Waals surface area contributed by atoms with Crippen LogP contribution < -0.4 is 15.2 Å². The molecule has 33 heavy (non-hydrogen) atoms. The molecule has 0 radical (unpaired) electrons. The normalized spacial score (nSPS) is 12.2. The van der Waals surface area contributed by atoms with Gasteiger partial charge in [0.25, 0.3) is 0 Å². The van der Waals surface area contributed by atoms with Gasteiger partial charge >= 0.3 is 5.97 Å². The second-order valence-electron chi connectivity index (χ2n) is 8.90. The molecule has 0 atom stereocenters. The zero-order valence-corrected chi connectivity index (χ0v) is 19.9. The van der Waals surface area contributed by atoms with E-state index < -0.39 is 5.41 Å². The largest absolute Gasteiger partial charge is 0.492 e. The summed E-state index contributed by atoms with van der Waals surface area (Å²) in [5.41, 5.74) is 10.7. The summed E-state index contributed by atoms with van der Waals surface area (Å²) in [4.78, 5) is 12.3. The Labute approximate surface area is 197 Å². The van der Waals surface area contributed by atoms with Crippen molar-refractivity contribution in [2.45, 2.75) is 34.1 Å². The van der Waals surface area contributed by atoms with Crippen LogP contribution in [-0.2, 0) is 4.79 Å². The molecule has 0 aliphatic carbocycles. The van der Waals surface area contributed by atoms with Crippen LogP contribution in [0.5, 0.6) is 11.5 Å². The summed E-state index contributed by atoms with van der Waals surface area (Å²) in [5.74, 6) is 1.09. The molecule has 2 N–H and O–H groups in total. The van der Waals surface area contributed by atoms with Crippen LogP contribution in [0.4, 0.5) is 0 Å². The molecule has 0 spiro atoms. The number of esters is 1. The summed E-state index contributed by atoms with van der Waals surface area (Å²) in [7, 11) is 0. The van der Waals surface area contributed by atoms with Crippen LogP contribution in [0.15, 0.2) is 78.9 Å². The summed E-state index contributed by atoms with van der Waals surface area (Å²) in [5, 5.41) is 0. The molecule has 3 aromatic carbocycles. The molecule has 0 amide bonds. The van der Waals surface area contributed by atoms with Crippen molar-refractivity contribution in [3.05, 3.63) is 95.6 Å². The highest BCUT2D eigenvalue weighted by Gasteiger charge is 2.23. The fourth-order valence-electron chi connectivity index (χ4n) is 3.52. The highest BCUT2D eigenvalue weighted by molar-refractivity contribution is 5.98. The molecule has 0 aliphatic rings. The van der Waals surface area contributed by atoms with Gasteiger partial charge in [0, 0.05) is 6.54 Å². The van der Waals surface area contributed by atoms with E-state index in [1.165, 1.54) is 11.1 Å². The van der Waals surface area contributed by atoms with Gasteiger partial charge in [-0.15, -0.1) is 0 Å². The molecule has 0 saturated carbocycles. The average molecular weight is 444 g/mol. The zero-order valence-electron chi connectivity index (χ0n) is 19.9. The molecule has 0 aromatic heterocycles. The van der Waals surface area contributed by atoms with Gasteiger partial charge in [0.2, 0.25) is 0 Å². The van der Waals surface area contributed by atoms with E-state index in [0.29, 0.717) is 18.9 Å². The van der Waals surface area contributed by atoms with Crippen molar-refractivity contribution >= 4 is 17.1 Å². The van der Waals surface area contributed by atoms with E-state index in [-0.39, 0.29) is 5.97 Å². The van der Waals surface area contributed by atoms with Crippen molar-refractivity contribution in [1.82, 2.24) is 0 Å². The fourth-order valence-corrected chi connectivity index (χ4v) is 3.52. The maximum Gasteiger partial charge on any atom is 0.316 e. The number of carbonyl (C=O) groups excluding carboxylic acids is 1. The number of hydrogen-bond donors (Lipinski definition) is 1. The Morgan fingerprint density at radius 3 is 1.82 bits per heavy atom. The molecule has 0 saturated heterocycles. The van der Waals surface area contributed by atoms with Crippen molar-refractivity contribution in [3.8, 4) is 11.5 Å². The Morgan fingerprint density at radius 1 is 0.788 bits per heavy atom. The van der Waals surface area contributed by atoms with E-state index in [9.17, 15) is 4.79 Å². The lowest BCUT2D eigenvalue weighted by Crippen LogP contribution is -2.25. The number of benzene rings is 3. The van der Waals surface area contributed by atoms with Crippen LogP contribution in [0, 0.1) is 5.41 Å². The SMILES string of the molecule is CC/C(=C(/c1ccc(OCCN)cc1)c1ccc(OC(=O)C(C)(C)C)cc1)c1ccccc1. The lowest BCUT2D eigenvalue weighted by molar-refractivity contribution is -0.142. The molecule has 3 aromatic rings. The average Bonchev–Trinajstić information content (AvgIpc) is 2.82. The van der Waals surface area contributed by atoms with E-state index >= 15 is 0 Å². The van der Waals surface area contributed by atoms with E-state index in [0.717, 1.165) is 28.9 Å². The Balaban J connectivity index is 2.04. The van der Waals surface area contributed by atoms with E-state index in [2.05, 4.69) is 43.3 Å². The van der Waals surface area contributed by atoms with Gasteiger partial charge in [0.15, 0.2) is 0 Å². The minimum Gasteiger partial charge on any atom is -0.492 e. The minimum absolute atomic E-state index is 0.252. The number of hydrogen-bond acceptors (Lipinski definition) is 4. The molecule has 4 nitrogen and oxygen atoms in total. The lowest BCUT2D eigenvalue weighted by atomic mass is 9.88. The number of rotatable bonds is 8. The number of allylic oxidation sites excluding steroid dienone is 1. The molecule has 0 heterocycles. The summed E-state index contributed by atoms with van der Waals surface area (Å²) >= 11 is 0. The molecule has 172 valence electrons. The van der Waals surface area contributed by atoms with Crippen LogP contribution in [0.3, 0.4) is 0 Å². The smallest absolute Gasteiger partial charge is 0.316 e. The van der Waals surface area contributed by atoms with Crippen LogP contribution in [0.2, 0.25) is 0 Å². The molecule has 0 fully saturated rings. The van der Waals surface area contributed by atoms with Crippen molar-refractivity contribution in [3.63, 3.8) is 0 Å². The molecular formula is C29H33NO3. The second-order valence-corrected chi connectivity index (χ2v) is 8.90. The highest BCUT2D eigenvalue weighted by Crippen LogP contribution is 2.35. The predicted molar refractivity (Wildman–Crippen MR) is 135 cm³/mol. The summed E-state index contributed by atoms with van der Waals surface area (Å²) < 4.78 is 11.2. The summed E-state index contributed by atoms with van der Waals surface area (Å²) in [6, 6.07) is 26.3. The Morgan fingerprint density at radius 2 is 1.33 bits per heavy atom. The van der Waals surface area contributed by atoms with E-state index in [4.69, 9.17) is 15.2 Å². The summed E-state index contributed by atoms with van der Waals surface area (Å²) in [6.07, 6.45) is 0.867. The van der Waals surface area contributed by atoms with Gasteiger partial charge in [-0.3, -0.25) is 4.79 Å². The monoisotopic (exact) mass is 443 g/mol. The number of carbonyl (C=O) groups is 1. The number of nitrogens with two attached hydrogens (primary N) is 1. The first-order valence-corrected chi connectivity index (χ1v) is 11.4. The van der Waals surface area contributed by atoms with Crippen molar-refractivity contribution < 1.29 is 14.3 Å². The van der Waals surface area contributed by atoms with Gasteiger partial charge in [0.1, 0.15) is 18.1 Å². The number of ether oxygens (including phenoxy) is 2. The highest BCUT2D eigenvalue weighted by atomic mass is 16.5. The van der Waals surface area contributed by atoms with Gasteiger partial charge in [-0.2, -0.15) is 0 Å². The van der Waals surface area contributed by atoms with Gasteiger partial charge in [-0.05, 0) is 79.3 Å². The molecule has 0 unspecified atom stereocenters. The Hall–Kier alpha value is -3.37. The van der Waals surface area contributed by atoms with Gasteiger partial charge in [-0.25, -0.2) is 0 Å². The quantitative estimate of drug-likeness (QED) is 0.250. The van der Waals surface area contributed by atoms with Crippen LogP contribution in [0.25, 0.3) is 11.1 Å². The lowest BCUT2D eigenvalue weighted by Gasteiger charge is -2.18. The predicted octanol–water partition coefficient (Wildman–Crippen LogP) is 6.34. The van der Waals surface area contributed by atoms with Crippen LogP contribution >= 0.6 is 0 Å². The maximum atomic E-state index is 12.3. The third kappa shape index (κ3) is 6.33. The molecule has 0 bridgehead atoms. The Bertz CT molecular complexity index is 1080. The van der Waals surface area contributed by atoms with E-state index in [1.807, 2.05) is 63.2 Å². The third-order valence-electron chi connectivity index (χ3n) is 5.27. The van der Waals surface area contributed by atoms with Crippen LogP contribution in [-0.4, -0.2) is 19.1 Å². The fraction of sp³-hybridized carbons (Fsp3) is 0.276. The van der Waals surface area contributed by atoms with Crippen molar-refractivity contribution in [2.24, 2.45) is 11.1 Å². The first kappa shape index (κ1) is 24.3. The first-order chi connectivity index (χ1) is 15.8. The van der Waals surface area contributed by atoms with Gasteiger partial charge in [-0.1, -0.05) is 61.5 Å². The van der Waals surface area contributed by atoms with Gasteiger partial charge < -0.3 is 15.2 Å². The molecular weight excluding hydrogens is 410 g/mol. The minimum atomic E-state index is -0.555. The van der Waals surface area contributed by atoms with Crippen molar-refractivity contribution in [1.29, 1.82) is 0 Å². The zero-order chi connectivity index (χ0) is 23.8. The van der Waals surface area contributed by atoms with E-state index in [1.54, 1.807) is 0 Å². The first-order valence-electron chi connectivity index (χ1n) is 11.4. The van der Waals surface area contributed by atoms with Crippen molar-refractivity contribution in [2.75, 3.05) is 13.2 Å². The Kier molecular flexibility index (Phi) is 8.07. The maximum absolute atomic E-state index is 12.3. The standard InChI is InChI=1S/C29H33NO3/c1-5-26(21-9-7-6-8-10-21)27(22-11-15-24(16-12-22)32-20-19-30)23-13-17-25(18-14-23)33-28(31)29(2,3)4/h6-18H,5,19-20,30H2,1-4H3/b27-26+. The van der Waals surface area contributed by atoms with Gasteiger partial charge in [0.05, 0.1) is 5.41 Å². The molecule has 0 aliphatic heterocycles. The molecule has 4 heteroatoms. The van der Waals surface area contributed by atoms with Crippen LogP contribution in [0.1, 0.15) is 50.8 Å². The molecule has 3 rings (SSSR count). The summed E-state index contributed by atoms with van der Waals surface area (Å²) in [6.45, 7) is 8.67. The third-order valence-corrected chi connectivity index (χ3v) is 5.27. The second kappa shape index (κ2) is 11.0. The topological polar surface area (TPSA) is 61.6 Å².